The van der Waals surface area contributed by atoms with Crippen molar-refractivity contribution in [1.82, 2.24) is 0 Å². The van der Waals surface area contributed by atoms with E-state index in [1.54, 1.807) is 12.1 Å². The van der Waals surface area contributed by atoms with Crippen LogP contribution in [0, 0.1) is 0 Å². The van der Waals surface area contributed by atoms with Crippen molar-refractivity contribution in [3.8, 4) is 5.75 Å². The van der Waals surface area contributed by atoms with E-state index in [0.29, 0.717) is 26.0 Å². The maximum atomic E-state index is 12.1. The molecule has 0 bridgehead atoms. The Balaban J connectivity index is 1.95. The highest BCUT2D eigenvalue weighted by molar-refractivity contribution is 9.10. The highest BCUT2D eigenvalue weighted by Crippen LogP contribution is 2.36. The number of halogens is 3. The normalized spacial score (nSPS) is 10.4. The molecule has 0 aromatic heterocycles. The predicted molar refractivity (Wildman–Crippen MR) is 108 cm³/mol. The summed E-state index contributed by atoms with van der Waals surface area (Å²) in [6.07, 6.45) is 0. The van der Waals surface area contributed by atoms with Crippen LogP contribution in [0.4, 0.5) is 11.4 Å². The molecule has 0 heterocycles. The van der Waals surface area contributed by atoms with Crippen LogP contribution >= 0.6 is 39.1 Å². The molecule has 2 aromatic carbocycles. The summed E-state index contributed by atoms with van der Waals surface area (Å²) < 4.78 is 6.09. The largest absolute Gasteiger partial charge is 0.481 e. The van der Waals surface area contributed by atoms with Crippen LogP contribution in [0.1, 0.15) is 13.8 Å². The summed E-state index contributed by atoms with van der Waals surface area (Å²) in [5.74, 6) is 0.117. The zero-order valence-electron chi connectivity index (χ0n) is 14.0. The minimum absolute atomic E-state index is 0.155. The summed E-state index contributed by atoms with van der Waals surface area (Å²) >= 11 is 15.3. The van der Waals surface area contributed by atoms with E-state index in [2.05, 4.69) is 40.0 Å². The van der Waals surface area contributed by atoms with Crippen LogP contribution in [-0.2, 0) is 4.79 Å². The summed E-state index contributed by atoms with van der Waals surface area (Å²) in [6.45, 7) is 5.93. The van der Waals surface area contributed by atoms with Gasteiger partial charge < -0.3 is 15.0 Å². The second-order valence-corrected chi connectivity index (χ2v) is 6.95. The smallest absolute Gasteiger partial charge is 0.262 e. The van der Waals surface area contributed by atoms with Crippen molar-refractivity contribution in [3.63, 3.8) is 0 Å². The molecular weight excluding hydrogens is 427 g/mol. The number of hydrogen-bond acceptors (Lipinski definition) is 3. The molecule has 0 spiro atoms. The van der Waals surface area contributed by atoms with Crippen LogP contribution in [0.5, 0.6) is 5.75 Å². The van der Waals surface area contributed by atoms with E-state index >= 15 is 0 Å². The van der Waals surface area contributed by atoms with Crippen molar-refractivity contribution in [2.45, 2.75) is 13.8 Å². The van der Waals surface area contributed by atoms with E-state index in [1.807, 2.05) is 24.3 Å². The van der Waals surface area contributed by atoms with Gasteiger partial charge >= 0.3 is 0 Å². The van der Waals surface area contributed by atoms with Gasteiger partial charge in [-0.1, -0.05) is 23.2 Å². The number of amides is 1. The number of carbonyl (C=O) groups is 1. The van der Waals surface area contributed by atoms with Crippen LogP contribution in [0.25, 0.3) is 0 Å². The van der Waals surface area contributed by atoms with E-state index in [4.69, 9.17) is 27.9 Å². The van der Waals surface area contributed by atoms with Crippen LogP contribution < -0.4 is 15.0 Å². The van der Waals surface area contributed by atoms with Gasteiger partial charge in [-0.05, 0) is 66.2 Å². The number of hydrogen-bond donors (Lipinski definition) is 1. The quantitative estimate of drug-likeness (QED) is 0.601. The van der Waals surface area contributed by atoms with Crippen LogP contribution in [0.3, 0.4) is 0 Å². The molecule has 0 unspecified atom stereocenters. The Labute approximate surface area is 166 Å². The van der Waals surface area contributed by atoms with Gasteiger partial charge in [-0.2, -0.15) is 0 Å². The lowest BCUT2D eigenvalue weighted by molar-refractivity contribution is -0.118. The number of ether oxygens (including phenoxy) is 1. The number of carbonyl (C=O) groups excluding carboxylic acids is 1. The third kappa shape index (κ3) is 5.53. The van der Waals surface area contributed by atoms with Crippen molar-refractivity contribution in [3.05, 3.63) is 50.9 Å². The number of nitrogens with zero attached hydrogens (tertiary/aromatic N) is 1. The SMILES string of the molecule is CCN(CC)c1ccc(NC(=O)COc2c(Cl)cc(Cl)cc2Br)cc1. The molecule has 1 amide bonds. The molecule has 0 fully saturated rings. The average Bonchev–Trinajstić information content (AvgIpc) is 2.56. The van der Waals surface area contributed by atoms with Crippen molar-refractivity contribution < 1.29 is 9.53 Å². The van der Waals surface area contributed by atoms with E-state index in [-0.39, 0.29) is 12.5 Å². The van der Waals surface area contributed by atoms with Gasteiger partial charge in [-0.15, -0.1) is 0 Å². The van der Waals surface area contributed by atoms with Gasteiger partial charge in [0.1, 0.15) is 0 Å². The van der Waals surface area contributed by atoms with Crippen molar-refractivity contribution >= 4 is 56.4 Å². The zero-order valence-corrected chi connectivity index (χ0v) is 17.1. The first-order valence-electron chi connectivity index (χ1n) is 7.86. The van der Waals surface area contributed by atoms with Gasteiger partial charge in [-0.3, -0.25) is 4.79 Å². The molecule has 2 rings (SSSR count). The van der Waals surface area contributed by atoms with Crippen LogP contribution in [-0.4, -0.2) is 25.6 Å². The van der Waals surface area contributed by atoms with Gasteiger partial charge in [0.2, 0.25) is 0 Å². The Morgan fingerprint density at radius 3 is 2.36 bits per heavy atom. The summed E-state index contributed by atoms with van der Waals surface area (Å²) in [6, 6.07) is 10.9. The van der Waals surface area contributed by atoms with E-state index in [9.17, 15) is 4.79 Å². The van der Waals surface area contributed by atoms with Gasteiger partial charge in [0.05, 0.1) is 9.50 Å². The lowest BCUT2D eigenvalue weighted by Crippen LogP contribution is -2.22. The standard InChI is InChI=1S/C18H19BrCl2N2O2/c1-3-23(4-2)14-7-5-13(6-8-14)22-17(24)11-25-18-15(19)9-12(20)10-16(18)21/h5-10H,3-4,11H2,1-2H3,(H,22,24). The molecule has 1 N–H and O–H groups in total. The van der Waals surface area contributed by atoms with E-state index in [0.717, 1.165) is 18.8 Å². The lowest BCUT2D eigenvalue weighted by atomic mass is 10.2. The number of nitrogens with one attached hydrogen (secondary N) is 1. The molecule has 0 aliphatic heterocycles. The zero-order chi connectivity index (χ0) is 18.4. The molecule has 2 aromatic rings. The topological polar surface area (TPSA) is 41.6 Å². The first kappa shape index (κ1) is 19.9. The Bertz CT molecular complexity index is 711. The van der Waals surface area contributed by atoms with Gasteiger partial charge in [0.25, 0.3) is 5.91 Å². The first-order valence-corrected chi connectivity index (χ1v) is 9.41. The molecular formula is C18H19BrCl2N2O2. The van der Waals surface area contributed by atoms with Crippen molar-refractivity contribution in [2.24, 2.45) is 0 Å². The number of anilines is 2. The Morgan fingerprint density at radius 2 is 1.80 bits per heavy atom. The molecule has 0 radical (unpaired) electrons. The molecule has 0 saturated carbocycles. The van der Waals surface area contributed by atoms with Gasteiger partial charge in [-0.25, -0.2) is 0 Å². The van der Waals surface area contributed by atoms with Crippen LogP contribution in [0.2, 0.25) is 10.0 Å². The monoisotopic (exact) mass is 444 g/mol. The molecule has 0 saturated heterocycles. The average molecular weight is 446 g/mol. The molecule has 0 aliphatic carbocycles. The Kier molecular flexibility index (Phi) is 7.41. The third-order valence-electron chi connectivity index (χ3n) is 3.59. The van der Waals surface area contributed by atoms with E-state index in [1.165, 1.54) is 0 Å². The maximum absolute atomic E-state index is 12.1. The second-order valence-electron chi connectivity index (χ2n) is 5.25. The molecule has 25 heavy (non-hydrogen) atoms. The first-order chi connectivity index (χ1) is 11.9. The fourth-order valence-electron chi connectivity index (χ4n) is 2.35. The predicted octanol–water partition coefficient (Wildman–Crippen LogP) is 5.62. The van der Waals surface area contributed by atoms with Crippen molar-refractivity contribution in [2.75, 3.05) is 29.9 Å². The molecule has 7 heteroatoms. The van der Waals surface area contributed by atoms with Crippen LogP contribution in [0.15, 0.2) is 40.9 Å². The molecule has 0 atom stereocenters. The maximum Gasteiger partial charge on any atom is 0.262 e. The highest BCUT2D eigenvalue weighted by Gasteiger charge is 2.11. The van der Waals surface area contributed by atoms with E-state index < -0.39 is 0 Å². The molecule has 134 valence electrons. The highest BCUT2D eigenvalue weighted by atomic mass is 79.9. The third-order valence-corrected chi connectivity index (χ3v) is 4.68. The second kappa shape index (κ2) is 9.32. The summed E-state index contributed by atoms with van der Waals surface area (Å²) in [4.78, 5) is 14.3. The fourth-order valence-corrected chi connectivity index (χ4v) is 3.71. The van der Waals surface area contributed by atoms with Gasteiger partial charge in [0.15, 0.2) is 12.4 Å². The molecule has 4 nitrogen and oxygen atoms in total. The summed E-state index contributed by atoms with van der Waals surface area (Å²) in [5.41, 5.74) is 1.84. The fraction of sp³-hybridized carbons (Fsp3) is 0.278. The lowest BCUT2D eigenvalue weighted by Gasteiger charge is -2.21. The van der Waals surface area contributed by atoms with Gasteiger partial charge in [0, 0.05) is 29.5 Å². The minimum atomic E-state index is -0.270. The molecule has 0 aliphatic rings. The van der Waals surface area contributed by atoms with Crippen molar-refractivity contribution in [1.29, 1.82) is 0 Å². The Hall–Kier alpha value is -1.43. The summed E-state index contributed by atoms with van der Waals surface area (Å²) in [7, 11) is 0. The number of rotatable bonds is 7. The summed E-state index contributed by atoms with van der Waals surface area (Å²) in [5, 5.41) is 3.63. The number of benzene rings is 2. The Morgan fingerprint density at radius 1 is 1.16 bits per heavy atom. The minimum Gasteiger partial charge on any atom is -0.481 e.